The third-order valence-electron chi connectivity index (χ3n) is 5.71. The summed E-state index contributed by atoms with van der Waals surface area (Å²) in [6, 6.07) is 22.3. The van der Waals surface area contributed by atoms with Crippen LogP contribution in [0.2, 0.25) is 0 Å². The van der Waals surface area contributed by atoms with Gasteiger partial charge in [-0.1, -0.05) is 28.6 Å². The highest BCUT2D eigenvalue weighted by atomic mass is 79.9. The third kappa shape index (κ3) is 3.86. The highest BCUT2D eigenvalue weighted by Gasteiger charge is 2.41. The SMILES string of the molecule is C=CCOc1ccc([C@H]2Oc3ccc(Br)cc3[C@@H]3CC(c4ccc(OC)cc4)=NN23)cc1. The molecule has 0 aromatic heterocycles. The van der Waals surface area contributed by atoms with Crippen molar-refractivity contribution in [3.8, 4) is 17.2 Å². The Morgan fingerprint density at radius 1 is 1.09 bits per heavy atom. The molecule has 6 heteroatoms. The third-order valence-corrected chi connectivity index (χ3v) is 6.20. The van der Waals surface area contributed by atoms with Crippen LogP contribution >= 0.6 is 15.9 Å². The predicted molar refractivity (Wildman–Crippen MR) is 128 cm³/mol. The van der Waals surface area contributed by atoms with Crippen molar-refractivity contribution in [1.29, 1.82) is 0 Å². The van der Waals surface area contributed by atoms with Gasteiger partial charge in [0.15, 0.2) is 0 Å². The number of rotatable bonds is 6. The molecule has 0 N–H and O–H groups in total. The number of hydrogen-bond acceptors (Lipinski definition) is 5. The van der Waals surface area contributed by atoms with Gasteiger partial charge in [0.05, 0.1) is 18.9 Å². The highest BCUT2D eigenvalue weighted by Crippen LogP contribution is 2.48. The minimum Gasteiger partial charge on any atom is -0.497 e. The van der Waals surface area contributed by atoms with Crippen molar-refractivity contribution in [1.82, 2.24) is 5.01 Å². The quantitative estimate of drug-likeness (QED) is 0.382. The molecule has 0 fully saturated rings. The van der Waals surface area contributed by atoms with Crippen molar-refractivity contribution in [2.24, 2.45) is 5.10 Å². The summed E-state index contributed by atoms with van der Waals surface area (Å²) in [5.41, 5.74) is 4.27. The van der Waals surface area contributed by atoms with Crippen molar-refractivity contribution >= 4 is 21.6 Å². The largest absolute Gasteiger partial charge is 0.497 e. The standard InChI is InChI=1S/C26H23BrN2O3/c1-3-14-31-21-11-6-18(7-12-21)26-29-24(22-15-19(27)8-13-25(22)32-26)16-23(28-29)17-4-9-20(30-2)10-5-17/h3-13,15,24,26H,1,14,16H2,2H3/t24-,26+/m0/s1. The van der Waals surface area contributed by atoms with E-state index in [2.05, 4.69) is 45.7 Å². The Labute approximate surface area is 196 Å². The lowest BCUT2D eigenvalue weighted by Gasteiger charge is -2.38. The summed E-state index contributed by atoms with van der Waals surface area (Å²) in [6.07, 6.45) is 2.21. The van der Waals surface area contributed by atoms with Crippen molar-refractivity contribution in [2.45, 2.75) is 18.7 Å². The van der Waals surface area contributed by atoms with E-state index in [9.17, 15) is 0 Å². The van der Waals surface area contributed by atoms with E-state index in [0.717, 1.165) is 50.5 Å². The molecule has 0 radical (unpaired) electrons. The van der Waals surface area contributed by atoms with Crippen LogP contribution in [0.25, 0.3) is 0 Å². The molecular formula is C26H23BrN2O3. The first kappa shape index (κ1) is 20.6. The van der Waals surface area contributed by atoms with Gasteiger partial charge >= 0.3 is 0 Å². The number of benzene rings is 3. The molecule has 162 valence electrons. The van der Waals surface area contributed by atoms with E-state index in [-0.39, 0.29) is 12.3 Å². The highest BCUT2D eigenvalue weighted by molar-refractivity contribution is 9.10. The van der Waals surface area contributed by atoms with Gasteiger partial charge in [-0.3, -0.25) is 0 Å². The van der Waals surface area contributed by atoms with Gasteiger partial charge in [0.2, 0.25) is 6.23 Å². The maximum absolute atomic E-state index is 6.45. The number of hydrogen-bond donors (Lipinski definition) is 0. The Morgan fingerprint density at radius 3 is 2.56 bits per heavy atom. The molecule has 0 saturated heterocycles. The van der Waals surface area contributed by atoms with Gasteiger partial charge in [0, 0.05) is 22.0 Å². The zero-order valence-corrected chi connectivity index (χ0v) is 19.3. The summed E-state index contributed by atoms with van der Waals surface area (Å²) in [4.78, 5) is 0. The molecule has 0 unspecified atom stereocenters. The minimum absolute atomic E-state index is 0.0926. The molecule has 2 aliphatic rings. The van der Waals surface area contributed by atoms with Crippen LogP contribution in [0.1, 0.15) is 35.4 Å². The van der Waals surface area contributed by atoms with Crippen molar-refractivity contribution in [3.63, 3.8) is 0 Å². The topological polar surface area (TPSA) is 43.3 Å². The summed E-state index contributed by atoms with van der Waals surface area (Å²) in [7, 11) is 1.67. The summed E-state index contributed by atoms with van der Waals surface area (Å²) in [5.74, 6) is 2.52. The Morgan fingerprint density at radius 2 is 1.84 bits per heavy atom. The number of methoxy groups -OCH3 is 1. The summed E-state index contributed by atoms with van der Waals surface area (Å²) in [5, 5.41) is 7.10. The van der Waals surface area contributed by atoms with Crippen molar-refractivity contribution in [3.05, 3.63) is 101 Å². The lowest BCUT2D eigenvalue weighted by Crippen LogP contribution is -2.33. The molecule has 0 saturated carbocycles. The van der Waals surface area contributed by atoms with Crippen molar-refractivity contribution in [2.75, 3.05) is 13.7 Å². The van der Waals surface area contributed by atoms with E-state index in [0.29, 0.717) is 6.61 Å². The molecule has 3 aromatic carbocycles. The average Bonchev–Trinajstić information content (AvgIpc) is 3.29. The number of ether oxygens (including phenoxy) is 3. The lowest BCUT2D eigenvalue weighted by molar-refractivity contribution is -0.0191. The van der Waals surface area contributed by atoms with E-state index >= 15 is 0 Å². The van der Waals surface area contributed by atoms with Crippen LogP contribution in [0.4, 0.5) is 0 Å². The Hall–Kier alpha value is -3.25. The molecule has 0 spiro atoms. The van der Waals surface area contributed by atoms with E-state index in [1.807, 2.05) is 48.5 Å². The first-order valence-electron chi connectivity index (χ1n) is 10.5. The number of fused-ring (bicyclic) bond motifs is 3. The Balaban J connectivity index is 1.51. The normalized spacial score (nSPS) is 18.8. The van der Waals surface area contributed by atoms with E-state index < -0.39 is 0 Å². The van der Waals surface area contributed by atoms with Gasteiger partial charge in [-0.25, -0.2) is 5.01 Å². The molecule has 0 bridgehead atoms. The lowest BCUT2D eigenvalue weighted by atomic mass is 9.96. The molecule has 2 atom stereocenters. The number of nitrogens with zero attached hydrogens (tertiary/aromatic N) is 2. The fourth-order valence-corrected chi connectivity index (χ4v) is 4.50. The van der Waals surface area contributed by atoms with E-state index in [4.69, 9.17) is 19.3 Å². The van der Waals surface area contributed by atoms with Gasteiger partial charge in [-0.15, -0.1) is 0 Å². The smallest absolute Gasteiger partial charge is 0.213 e. The van der Waals surface area contributed by atoms with Crippen LogP contribution in [0.15, 0.2) is 89.0 Å². The summed E-state index contributed by atoms with van der Waals surface area (Å²) < 4.78 is 18.4. The van der Waals surface area contributed by atoms with Gasteiger partial charge in [0.1, 0.15) is 23.9 Å². The average molecular weight is 491 g/mol. The molecule has 3 aromatic rings. The van der Waals surface area contributed by atoms with Crippen LogP contribution in [0.3, 0.4) is 0 Å². The van der Waals surface area contributed by atoms with Gasteiger partial charge in [-0.05, 0) is 72.3 Å². The molecular weight excluding hydrogens is 468 g/mol. The van der Waals surface area contributed by atoms with Crippen molar-refractivity contribution < 1.29 is 14.2 Å². The second kappa shape index (κ2) is 8.71. The van der Waals surface area contributed by atoms with Crippen LogP contribution in [0, 0.1) is 0 Å². The molecule has 5 rings (SSSR count). The summed E-state index contributed by atoms with van der Waals surface area (Å²) in [6.45, 7) is 4.17. The molecule has 2 heterocycles. The van der Waals surface area contributed by atoms with Gasteiger partial charge < -0.3 is 14.2 Å². The Kier molecular flexibility index (Phi) is 5.62. The fraction of sp³-hybridized carbons (Fsp3) is 0.192. The maximum Gasteiger partial charge on any atom is 0.213 e. The minimum atomic E-state index is -0.321. The second-order valence-electron chi connectivity index (χ2n) is 7.70. The second-order valence-corrected chi connectivity index (χ2v) is 8.61. The zero-order valence-electron chi connectivity index (χ0n) is 17.7. The van der Waals surface area contributed by atoms with Crippen LogP contribution in [0.5, 0.6) is 17.2 Å². The van der Waals surface area contributed by atoms with Crippen LogP contribution < -0.4 is 14.2 Å². The van der Waals surface area contributed by atoms with Crippen LogP contribution in [-0.2, 0) is 0 Å². The molecule has 5 nitrogen and oxygen atoms in total. The monoisotopic (exact) mass is 490 g/mol. The fourth-order valence-electron chi connectivity index (χ4n) is 4.12. The van der Waals surface area contributed by atoms with E-state index in [1.54, 1.807) is 13.2 Å². The van der Waals surface area contributed by atoms with Gasteiger partial charge in [0.25, 0.3) is 0 Å². The summed E-state index contributed by atoms with van der Waals surface area (Å²) >= 11 is 3.61. The molecule has 32 heavy (non-hydrogen) atoms. The first-order chi connectivity index (χ1) is 15.7. The molecule has 0 aliphatic carbocycles. The van der Waals surface area contributed by atoms with Crippen LogP contribution in [-0.4, -0.2) is 24.4 Å². The number of hydrazone groups is 1. The predicted octanol–water partition coefficient (Wildman–Crippen LogP) is 6.26. The first-order valence-corrected chi connectivity index (χ1v) is 11.3. The molecule has 0 amide bonds. The molecule has 2 aliphatic heterocycles. The maximum atomic E-state index is 6.45. The van der Waals surface area contributed by atoms with E-state index in [1.165, 1.54) is 0 Å². The zero-order chi connectivity index (χ0) is 22.1. The number of halogens is 1. The van der Waals surface area contributed by atoms with Gasteiger partial charge in [-0.2, -0.15) is 5.10 Å². The Bertz CT molecular complexity index is 1160.